The normalized spacial score (nSPS) is 9.94. The molecule has 2 N–H and O–H groups in total. The van der Waals surface area contributed by atoms with Gasteiger partial charge >= 0.3 is 37.7 Å². The summed E-state index contributed by atoms with van der Waals surface area (Å²) < 4.78 is 8.33. The second-order valence-electron chi connectivity index (χ2n) is 7.28. The molecule has 0 radical (unpaired) electrons. The molecule has 0 saturated carbocycles. The van der Waals surface area contributed by atoms with Gasteiger partial charge in [-0.1, -0.05) is 59.7 Å². The molecule has 4 rings (SSSR count). The number of carbonyl (C=O) groups excluding carboxylic acids is 2. The van der Waals surface area contributed by atoms with Crippen LogP contribution >= 0.6 is 23.1 Å². The molecule has 2 aromatic carbocycles. The van der Waals surface area contributed by atoms with Crippen LogP contribution in [0.2, 0.25) is 0 Å². The van der Waals surface area contributed by atoms with Crippen molar-refractivity contribution in [1.29, 1.82) is 0 Å². The molecule has 0 aliphatic rings. The van der Waals surface area contributed by atoms with E-state index >= 15 is 0 Å². The number of aromatic carboxylic acids is 2. The number of carboxylic acids is 2. The van der Waals surface area contributed by atoms with Crippen molar-refractivity contribution < 1.29 is 19.8 Å². The van der Waals surface area contributed by atoms with Gasteiger partial charge in [-0.15, -0.1) is 0 Å². The fraction of sp³-hybridized carbons (Fsp3) is 0.167. The van der Waals surface area contributed by atoms with Crippen molar-refractivity contribution in [3.05, 3.63) is 69.4 Å². The van der Waals surface area contributed by atoms with Crippen LogP contribution in [0, 0.1) is 13.8 Å². The van der Waals surface area contributed by atoms with Gasteiger partial charge in [-0.25, -0.2) is 0 Å². The predicted molar refractivity (Wildman–Crippen MR) is 138 cm³/mol. The minimum absolute atomic E-state index is 0. The fourth-order valence-electron chi connectivity index (χ4n) is 3.14. The minimum atomic E-state index is -1.20. The zero-order chi connectivity index (χ0) is 24.8. The first-order valence-corrected chi connectivity index (χ1v) is 11.7. The molecular weight excluding hydrogens is 513 g/mol. The van der Waals surface area contributed by atoms with E-state index in [2.05, 4.69) is 19.4 Å². The van der Waals surface area contributed by atoms with E-state index in [0.717, 1.165) is 45.3 Å². The van der Waals surface area contributed by atoms with Crippen LogP contribution in [-0.4, -0.2) is 72.5 Å². The van der Waals surface area contributed by atoms with Crippen LogP contribution in [0.25, 0.3) is 22.5 Å². The van der Waals surface area contributed by atoms with Crippen LogP contribution in [0.5, 0.6) is 0 Å². The summed E-state index contributed by atoms with van der Waals surface area (Å²) in [6.45, 7) is 3.99. The van der Waals surface area contributed by atoms with Gasteiger partial charge < -0.3 is 30.4 Å². The minimum Gasteiger partial charge on any atom is -0.544 e. The summed E-state index contributed by atoms with van der Waals surface area (Å²) in [6.07, 6.45) is 0. The Morgan fingerprint density at radius 2 is 1.00 bits per heavy atom. The number of hydrogen-bond acceptors (Lipinski definition) is 10. The van der Waals surface area contributed by atoms with Crippen LogP contribution in [0.4, 0.5) is 11.4 Å². The molecule has 0 saturated heterocycles. The number of carbonyl (C=O) groups is 2. The maximum absolute atomic E-state index is 10.9. The number of nitrogens with one attached hydrogen (secondary N) is 2. The van der Waals surface area contributed by atoms with Crippen LogP contribution in [0.1, 0.15) is 30.5 Å². The Morgan fingerprint density at radius 3 is 1.26 bits per heavy atom. The van der Waals surface area contributed by atoms with Gasteiger partial charge in [-0.3, -0.25) is 0 Å². The first-order valence-electron chi connectivity index (χ1n) is 10.2. The van der Waals surface area contributed by atoms with E-state index in [9.17, 15) is 19.8 Å². The number of nitrogens with zero attached hydrogens (tertiary/aromatic N) is 2. The van der Waals surface area contributed by atoms with E-state index < -0.39 is 11.9 Å². The quantitative estimate of drug-likeness (QED) is 0.361. The van der Waals surface area contributed by atoms with Gasteiger partial charge in [0.25, 0.3) is 0 Å². The van der Waals surface area contributed by atoms with Gasteiger partial charge in [-0.05, 0) is 36.9 Å². The third-order valence-corrected chi connectivity index (χ3v) is 6.56. The Morgan fingerprint density at radius 1 is 0.686 bits per heavy atom. The van der Waals surface area contributed by atoms with Crippen molar-refractivity contribution in [3.8, 4) is 22.5 Å². The predicted octanol–water partition coefficient (Wildman–Crippen LogP) is 2.67. The van der Waals surface area contributed by atoms with Gasteiger partial charge in [0, 0.05) is 25.2 Å². The molecule has 8 nitrogen and oxygen atoms in total. The third-order valence-electron chi connectivity index (χ3n) is 4.90. The SMILES string of the molecule is CNc1c(-c2ccc(C)cc2)nsc1C(=O)[O-].CNc1c(-c2ccc(C)cc2)nsc1C(=O)[O-].[Ca+2]. The van der Waals surface area contributed by atoms with Crippen LogP contribution in [0.3, 0.4) is 0 Å². The van der Waals surface area contributed by atoms with Crippen LogP contribution in [-0.2, 0) is 0 Å². The Hall–Kier alpha value is -2.50. The number of carboxylic acid groups (broad SMARTS) is 2. The number of rotatable bonds is 6. The monoisotopic (exact) mass is 534 g/mol. The molecule has 176 valence electrons. The van der Waals surface area contributed by atoms with E-state index in [1.807, 2.05) is 62.4 Å². The first-order chi connectivity index (χ1) is 16.3. The third kappa shape index (κ3) is 6.80. The van der Waals surface area contributed by atoms with Crippen LogP contribution in [0.15, 0.2) is 48.5 Å². The van der Waals surface area contributed by atoms with Crippen molar-refractivity contribution in [1.82, 2.24) is 8.75 Å². The molecular formula is C24H22CaN4O4S2. The molecule has 0 spiro atoms. The molecule has 0 aliphatic heterocycles. The van der Waals surface area contributed by atoms with Crippen molar-refractivity contribution >= 4 is 84.1 Å². The molecule has 4 aromatic rings. The number of aromatic nitrogens is 2. The molecule has 0 amide bonds. The first kappa shape index (κ1) is 28.7. The Labute approximate surface area is 241 Å². The van der Waals surface area contributed by atoms with Gasteiger partial charge in [-0.2, -0.15) is 8.75 Å². The number of aryl methyl sites for hydroxylation is 2. The summed E-state index contributed by atoms with van der Waals surface area (Å²) in [5, 5.41) is 27.5. The van der Waals surface area contributed by atoms with Crippen molar-refractivity contribution in [2.24, 2.45) is 0 Å². The van der Waals surface area contributed by atoms with E-state index in [0.29, 0.717) is 22.8 Å². The second-order valence-corrected chi connectivity index (χ2v) is 8.82. The topological polar surface area (TPSA) is 130 Å². The van der Waals surface area contributed by atoms with E-state index in [1.54, 1.807) is 14.1 Å². The van der Waals surface area contributed by atoms with Crippen molar-refractivity contribution in [2.45, 2.75) is 13.8 Å². The molecule has 2 heterocycles. The molecule has 0 unspecified atom stereocenters. The molecule has 0 bridgehead atoms. The molecule has 11 heteroatoms. The summed E-state index contributed by atoms with van der Waals surface area (Å²) in [4.78, 5) is 22.1. The number of hydrogen-bond donors (Lipinski definition) is 2. The molecule has 2 aromatic heterocycles. The van der Waals surface area contributed by atoms with Crippen LogP contribution < -0.4 is 20.8 Å². The summed E-state index contributed by atoms with van der Waals surface area (Å²) in [5.41, 5.74) is 6.41. The summed E-state index contributed by atoms with van der Waals surface area (Å²) in [6, 6.07) is 15.5. The van der Waals surface area contributed by atoms with E-state index in [4.69, 9.17) is 0 Å². The second kappa shape index (κ2) is 13.0. The molecule has 0 fully saturated rings. The number of anilines is 2. The van der Waals surface area contributed by atoms with Gasteiger partial charge in [0.2, 0.25) is 0 Å². The zero-order valence-corrected chi connectivity index (χ0v) is 23.5. The Kier molecular flexibility index (Phi) is 10.7. The van der Waals surface area contributed by atoms with Gasteiger partial charge in [0.1, 0.15) is 11.4 Å². The van der Waals surface area contributed by atoms with Gasteiger partial charge in [0.15, 0.2) is 0 Å². The Balaban J connectivity index is 0.000000240. The van der Waals surface area contributed by atoms with Crippen molar-refractivity contribution in [2.75, 3.05) is 24.7 Å². The van der Waals surface area contributed by atoms with Gasteiger partial charge in [0.05, 0.1) is 33.1 Å². The Bertz CT molecular complexity index is 1200. The molecule has 35 heavy (non-hydrogen) atoms. The smallest absolute Gasteiger partial charge is 0.544 e. The zero-order valence-electron chi connectivity index (χ0n) is 19.7. The maximum atomic E-state index is 10.9. The molecule has 0 aliphatic carbocycles. The summed E-state index contributed by atoms with van der Waals surface area (Å²) in [7, 11) is 3.35. The van der Waals surface area contributed by atoms with E-state index in [1.165, 1.54) is 0 Å². The standard InChI is InChI=1S/2C12H12N2O2S.Ca/c2*1-7-3-5-8(6-4-7)9-10(13-2)11(12(15)16)17-14-9;/h2*3-6,13H,1-2H3,(H,15,16);/q;;+2/p-2. The maximum Gasteiger partial charge on any atom is 2.00 e. The largest absolute Gasteiger partial charge is 2.00 e. The molecule has 0 atom stereocenters. The number of benzene rings is 2. The average Bonchev–Trinajstić information content (AvgIpc) is 3.45. The summed E-state index contributed by atoms with van der Waals surface area (Å²) >= 11 is 1.87. The average molecular weight is 535 g/mol. The summed E-state index contributed by atoms with van der Waals surface area (Å²) in [5.74, 6) is -2.41. The van der Waals surface area contributed by atoms with Crippen molar-refractivity contribution in [3.63, 3.8) is 0 Å². The van der Waals surface area contributed by atoms with E-state index in [-0.39, 0.29) is 47.5 Å². The fourth-order valence-corrected chi connectivity index (χ4v) is 4.63.